The van der Waals surface area contributed by atoms with Crippen molar-refractivity contribution in [2.75, 3.05) is 32.7 Å². The van der Waals surface area contributed by atoms with Crippen molar-refractivity contribution in [3.8, 4) is 11.1 Å². The molecule has 132 valence electrons. The number of anilines is 1. The van der Waals surface area contributed by atoms with Crippen LogP contribution in [0.3, 0.4) is 0 Å². The van der Waals surface area contributed by atoms with E-state index in [0.717, 1.165) is 6.67 Å². The summed E-state index contributed by atoms with van der Waals surface area (Å²) in [5.41, 5.74) is 6.28. The van der Waals surface area contributed by atoms with E-state index in [1.807, 2.05) is 0 Å². The van der Waals surface area contributed by atoms with Gasteiger partial charge >= 0.3 is 0 Å². The van der Waals surface area contributed by atoms with Crippen LogP contribution in [0, 0.1) is 0 Å². The van der Waals surface area contributed by atoms with Crippen molar-refractivity contribution in [1.29, 1.82) is 0 Å². The molecule has 0 radical (unpaired) electrons. The normalized spacial score (nSPS) is 11.6. The second kappa shape index (κ2) is 6.50. The molecule has 0 bridgehead atoms. The Morgan fingerprint density at radius 3 is 2.27 bits per heavy atom. The third-order valence-electron chi connectivity index (χ3n) is 5.03. The van der Waals surface area contributed by atoms with Gasteiger partial charge in [0, 0.05) is 41.6 Å². The Balaban J connectivity index is 1.80. The minimum Gasteiger partial charge on any atom is -0.362 e. The standard InChI is InChI=1S/C23H25N3/c1-24(2)16-25(3)19-9-7-8-17(14-19)18-12-13-21-20-10-5-6-11-22(20)26(4)23(21)15-18/h5-15H,16H2,1-4H3. The van der Waals surface area contributed by atoms with Crippen molar-refractivity contribution < 1.29 is 0 Å². The summed E-state index contributed by atoms with van der Waals surface area (Å²) in [7, 11) is 8.46. The van der Waals surface area contributed by atoms with E-state index in [0.29, 0.717) is 0 Å². The fraction of sp³-hybridized carbons (Fsp3) is 0.217. The van der Waals surface area contributed by atoms with E-state index in [1.54, 1.807) is 0 Å². The molecule has 0 spiro atoms. The zero-order valence-electron chi connectivity index (χ0n) is 15.9. The van der Waals surface area contributed by atoms with Gasteiger partial charge in [-0.15, -0.1) is 0 Å². The summed E-state index contributed by atoms with van der Waals surface area (Å²) in [6.07, 6.45) is 0. The molecule has 0 aliphatic heterocycles. The molecule has 4 aromatic rings. The Morgan fingerprint density at radius 2 is 1.46 bits per heavy atom. The first-order valence-corrected chi connectivity index (χ1v) is 8.98. The smallest absolute Gasteiger partial charge is 0.0698 e. The molecule has 0 saturated heterocycles. The lowest BCUT2D eigenvalue weighted by atomic mass is 10.0. The Hall–Kier alpha value is -2.78. The van der Waals surface area contributed by atoms with E-state index in [9.17, 15) is 0 Å². The van der Waals surface area contributed by atoms with Gasteiger partial charge in [-0.2, -0.15) is 0 Å². The highest BCUT2D eigenvalue weighted by Crippen LogP contribution is 2.32. The zero-order chi connectivity index (χ0) is 18.3. The maximum atomic E-state index is 2.31. The van der Waals surface area contributed by atoms with Gasteiger partial charge in [0.05, 0.1) is 6.67 Å². The largest absolute Gasteiger partial charge is 0.362 e. The molecule has 1 aromatic heterocycles. The molecular weight excluding hydrogens is 318 g/mol. The van der Waals surface area contributed by atoms with Crippen LogP contribution in [0.15, 0.2) is 66.7 Å². The third-order valence-corrected chi connectivity index (χ3v) is 5.03. The molecule has 0 unspecified atom stereocenters. The van der Waals surface area contributed by atoms with E-state index >= 15 is 0 Å². The molecule has 26 heavy (non-hydrogen) atoms. The highest BCUT2D eigenvalue weighted by atomic mass is 15.3. The van der Waals surface area contributed by atoms with Gasteiger partial charge in [0.15, 0.2) is 0 Å². The SMILES string of the molecule is CN(C)CN(C)c1cccc(-c2ccc3c4ccccc4n(C)c3c2)c1. The molecule has 0 atom stereocenters. The monoisotopic (exact) mass is 343 g/mol. The molecular formula is C23H25N3. The van der Waals surface area contributed by atoms with Gasteiger partial charge in [0.2, 0.25) is 0 Å². The minimum absolute atomic E-state index is 0.895. The Labute approximate surface area is 155 Å². The molecule has 1 heterocycles. The molecule has 0 saturated carbocycles. The molecule has 0 amide bonds. The second-order valence-corrected chi connectivity index (χ2v) is 7.28. The van der Waals surface area contributed by atoms with Crippen LogP contribution in [0.5, 0.6) is 0 Å². The van der Waals surface area contributed by atoms with E-state index in [-0.39, 0.29) is 0 Å². The molecule has 3 aromatic carbocycles. The zero-order valence-corrected chi connectivity index (χ0v) is 15.9. The molecule has 4 rings (SSSR count). The van der Waals surface area contributed by atoms with Crippen LogP contribution >= 0.6 is 0 Å². The molecule has 3 nitrogen and oxygen atoms in total. The van der Waals surface area contributed by atoms with Crippen molar-refractivity contribution in [3.63, 3.8) is 0 Å². The topological polar surface area (TPSA) is 11.4 Å². The Morgan fingerprint density at radius 1 is 0.731 bits per heavy atom. The van der Waals surface area contributed by atoms with Crippen LogP contribution in [-0.4, -0.2) is 37.3 Å². The van der Waals surface area contributed by atoms with Crippen LogP contribution in [0.1, 0.15) is 0 Å². The summed E-state index contributed by atoms with van der Waals surface area (Å²) in [4.78, 5) is 4.44. The first-order valence-electron chi connectivity index (χ1n) is 8.98. The fourth-order valence-corrected chi connectivity index (χ4v) is 3.77. The van der Waals surface area contributed by atoms with E-state index in [1.165, 1.54) is 38.6 Å². The molecule has 0 N–H and O–H groups in total. The number of hydrogen-bond donors (Lipinski definition) is 0. The first kappa shape index (κ1) is 16.7. The lowest BCUT2D eigenvalue weighted by Crippen LogP contribution is -2.29. The van der Waals surface area contributed by atoms with Crippen molar-refractivity contribution in [1.82, 2.24) is 9.47 Å². The van der Waals surface area contributed by atoms with Gasteiger partial charge in [-0.25, -0.2) is 0 Å². The molecule has 0 fully saturated rings. The Kier molecular flexibility index (Phi) is 4.17. The van der Waals surface area contributed by atoms with Gasteiger partial charge in [0.25, 0.3) is 0 Å². The van der Waals surface area contributed by atoms with Gasteiger partial charge in [0.1, 0.15) is 0 Å². The van der Waals surface area contributed by atoms with Crippen LogP contribution in [0.25, 0.3) is 32.9 Å². The number of nitrogens with zero attached hydrogens (tertiary/aromatic N) is 3. The summed E-state index contributed by atoms with van der Waals surface area (Å²) in [6.45, 7) is 0.895. The maximum Gasteiger partial charge on any atom is 0.0698 e. The van der Waals surface area contributed by atoms with E-state index < -0.39 is 0 Å². The second-order valence-electron chi connectivity index (χ2n) is 7.28. The fourth-order valence-electron chi connectivity index (χ4n) is 3.77. The van der Waals surface area contributed by atoms with Crippen molar-refractivity contribution in [2.24, 2.45) is 7.05 Å². The van der Waals surface area contributed by atoms with Gasteiger partial charge < -0.3 is 9.47 Å². The third kappa shape index (κ3) is 2.85. The van der Waals surface area contributed by atoms with Gasteiger partial charge in [-0.05, 0) is 49.5 Å². The lowest BCUT2D eigenvalue weighted by Gasteiger charge is -2.23. The number of fused-ring (bicyclic) bond motifs is 3. The van der Waals surface area contributed by atoms with Crippen molar-refractivity contribution in [2.45, 2.75) is 0 Å². The maximum absolute atomic E-state index is 2.31. The lowest BCUT2D eigenvalue weighted by molar-refractivity contribution is 0.412. The average molecular weight is 343 g/mol. The average Bonchev–Trinajstić information content (AvgIpc) is 2.94. The number of hydrogen-bond acceptors (Lipinski definition) is 2. The highest BCUT2D eigenvalue weighted by molar-refractivity contribution is 6.08. The first-order chi connectivity index (χ1) is 12.5. The number of rotatable bonds is 4. The summed E-state index contributed by atoms with van der Waals surface area (Å²) < 4.78 is 2.29. The van der Waals surface area contributed by atoms with Crippen LogP contribution in [0.4, 0.5) is 5.69 Å². The summed E-state index contributed by atoms with van der Waals surface area (Å²) in [5, 5.41) is 2.63. The summed E-state index contributed by atoms with van der Waals surface area (Å²) >= 11 is 0. The van der Waals surface area contributed by atoms with Gasteiger partial charge in [-0.1, -0.05) is 42.5 Å². The number of benzene rings is 3. The van der Waals surface area contributed by atoms with Crippen molar-refractivity contribution in [3.05, 3.63) is 66.7 Å². The quantitative estimate of drug-likeness (QED) is 0.486. The summed E-state index contributed by atoms with van der Waals surface area (Å²) in [5.74, 6) is 0. The molecule has 0 aliphatic rings. The van der Waals surface area contributed by atoms with Crippen LogP contribution in [0.2, 0.25) is 0 Å². The predicted molar refractivity (Wildman–Crippen MR) is 113 cm³/mol. The number of aryl methyl sites for hydroxylation is 1. The molecule has 3 heteroatoms. The number of aromatic nitrogens is 1. The highest BCUT2D eigenvalue weighted by Gasteiger charge is 2.10. The van der Waals surface area contributed by atoms with Crippen LogP contribution < -0.4 is 4.90 Å². The summed E-state index contributed by atoms with van der Waals surface area (Å²) in [6, 6.07) is 24.2. The number of para-hydroxylation sites is 1. The van der Waals surface area contributed by atoms with Crippen molar-refractivity contribution >= 4 is 27.5 Å². The van der Waals surface area contributed by atoms with E-state index in [4.69, 9.17) is 0 Å². The predicted octanol–water partition coefficient (Wildman–Crippen LogP) is 4.95. The van der Waals surface area contributed by atoms with Crippen LogP contribution in [-0.2, 0) is 7.05 Å². The minimum atomic E-state index is 0.895. The Bertz CT molecular complexity index is 1080. The molecule has 0 aliphatic carbocycles. The van der Waals surface area contributed by atoms with Gasteiger partial charge in [-0.3, -0.25) is 4.90 Å². The van der Waals surface area contributed by atoms with E-state index in [2.05, 4.69) is 109 Å².